The van der Waals surface area contributed by atoms with Crippen molar-refractivity contribution in [3.8, 4) is 0 Å². The third-order valence-electron chi connectivity index (χ3n) is 3.12. The number of carboxylic acids is 1. The van der Waals surface area contributed by atoms with Crippen LogP contribution in [-0.4, -0.2) is 46.3 Å². The number of aliphatic hydroxyl groups excluding tert-OH is 1. The van der Waals surface area contributed by atoms with Gasteiger partial charge in [0.25, 0.3) is 0 Å². The number of aliphatic hydroxyl groups is 1. The molecule has 4 nitrogen and oxygen atoms in total. The van der Waals surface area contributed by atoms with E-state index in [9.17, 15) is 9.90 Å². The van der Waals surface area contributed by atoms with Crippen LogP contribution in [0.4, 0.5) is 0 Å². The van der Waals surface area contributed by atoms with Crippen molar-refractivity contribution in [1.29, 1.82) is 0 Å². The van der Waals surface area contributed by atoms with Crippen molar-refractivity contribution < 1.29 is 15.0 Å². The van der Waals surface area contributed by atoms with Crippen LogP contribution in [0.2, 0.25) is 0 Å². The number of hydrogen-bond donors (Lipinski definition) is 2. The fourth-order valence-corrected chi connectivity index (χ4v) is 2.26. The molecule has 3 atom stereocenters. The van der Waals surface area contributed by atoms with Crippen LogP contribution >= 0.6 is 0 Å². The lowest BCUT2D eigenvalue weighted by Crippen LogP contribution is -2.40. The quantitative estimate of drug-likeness (QED) is 0.667. The van der Waals surface area contributed by atoms with Gasteiger partial charge < -0.3 is 10.2 Å². The number of rotatable bonds is 6. The molecule has 3 unspecified atom stereocenters. The number of carbonyl (C=O) groups is 1. The van der Waals surface area contributed by atoms with Crippen molar-refractivity contribution in [2.75, 3.05) is 13.1 Å². The van der Waals surface area contributed by atoms with E-state index in [4.69, 9.17) is 5.11 Å². The van der Waals surface area contributed by atoms with Gasteiger partial charge in [0.05, 0.1) is 6.10 Å². The maximum absolute atomic E-state index is 11.1. The van der Waals surface area contributed by atoms with Crippen molar-refractivity contribution in [3.05, 3.63) is 12.7 Å². The van der Waals surface area contributed by atoms with Crippen molar-refractivity contribution >= 4 is 5.97 Å². The molecule has 1 aliphatic rings. The van der Waals surface area contributed by atoms with E-state index in [0.29, 0.717) is 19.5 Å². The zero-order valence-electron chi connectivity index (χ0n) is 9.80. The molecular formula is C12H21NO3. The Labute approximate surface area is 96.6 Å². The summed E-state index contributed by atoms with van der Waals surface area (Å²) in [5.41, 5.74) is 0. The predicted octanol–water partition coefficient (Wildman–Crippen LogP) is 1.11. The fraction of sp³-hybridized carbons (Fsp3) is 0.750. The molecule has 0 aromatic carbocycles. The van der Waals surface area contributed by atoms with Crippen LogP contribution in [0.15, 0.2) is 12.7 Å². The zero-order chi connectivity index (χ0) is 12.1. The van der Waals surface area contributed by atoms with E-state index in [2.05, 4.69) is 6.58 Å². The SMILES string of the molecule is C=CC1CC(C(=O)O)N(CC(O)CCC)C1. The molecule has 4 heteroatoms. The highest BCUT2D eigenvalue weighted by Gasteiger charge is 2.35. The average molecular weight is 227 g/mol. The van der Waals surface area contributed by atoms with Crippen LogP contribution in [0, 0.1) is 5.92 Å². The van der Waals surface area contributed by atoms with Crippen molar-refractivity contribution in [3.63, 3.8) is 0 Å². The molecule has 16 heavy (non-hydrogen) atoms. The van der Waals surface area contributed by atoms with Crippen LogP contribution in [0.5, 0.6) is 0 Å². The molecule has 1 rings (SSSR count). The number of carboxylic acid groups (broad SMARTS) is 1. The molecule has 2 N–H and O–H groups in total. The summed E-state index contributed by atoms with van der Waals surface area (Å²) >= 11 is 0. The zero-order valence-corrected chi connectivity index (χ0v) is 9.80. The maximum Gasteiger partial charge on any atom is 0.320 e. The molecular weight excluding hydrogens is 206 g/mol. The Kier molecular flexibility index (Phi) is 4.96. The minimum Gasteiger partial charge on any atom is -0.480 e. The van der Waals surface area contributed by atoms with Gasteiger partial charge in [-0.15, -0.1) is 6.58 Å². The highest BCUT2D eigenvalue weighted by molar-refractivity contribution is 5.74. The summed E-state index contributed by atoms with van der Waals surface area (Å²) < 4.78 is 0. The molecule has 1 saturated heterocycles. The summed E-state index contributed by atoms with van der Waals surface area (Å²) in [5.74, 6) is -0.567. The highest BCUT2D eigenvalue weighted by atomic mass is 16.4. The second-order valence-electron chi connectivity index (χ2n) is 4.48. The lowest BCUT2D eigenvalue weighted by Gasteiger charge is -2.23. The number of aliphatic carboxylic acids is 1. The maximum atomic E-state index is 11.1. The van der Waals surface area contributed by atoms with E-state index in [1.165, 1.54) is 0 Å². The molecule has 92 valence electrons. The van der Waals surface area contributed by atoms with Gasteiger partial charge in [-0.25, -0.2) is 0 Å². The minimum absolute atomic E-state index is 0.231. The smallest absolute Gasteiger partial charge is 0.320 e. The van der Waals surface area contributed by atoms with Gasteiger partial charge in [0, 0.05) is 13.1 Å². The number of nitrogens with zero attached hydrogens (tertiary/aromatic N) is 1. The first-order valence-electron chi connectivity index (χ1n) is 5.86. The first kappa shape index (κ1) is 13.2. The Bertz CT molecular complexity index is 255. The monoisotopic (exact) mass is 227 g/mol. The Balaban J connectivity index is 2.55. The van der Waals surface area contributed by atoms with E-state index in [-0.39, 0.29) is 5.92 Å². The van der Waals surface area contributed by atoms with E-state index >= 15 is 0 Å². The average Bonchev–Trinajstić information content (AvgIpc) is 2.61. The predicted molar refractivity (Wildman–Crippen MR) is 62.2 cm³/mol. The van der Waals surface area contributed by atoms with Crippen molar-refractivity contribution in [1.82, 2.24) is 4.90 Å². The van der Waals surface area contributed by atoms with Crippen LogP contribution in [0.25, 0.3) is 0 Å². The first-order valence-corrected chi connectivity index (χ1v) is 5.86. The molecule has 0 amide bonds. The third kappa shape index (κ3) is 3.32. The molecule has 1 fully saturated rings. The molecule has 0 aliphatic carbocycles. The van der Waals surface area contributed by atoms with E-state index in [1.807, 2.05) is 17.9 Å². The van der Waals surface area contributed by atoms with Gasteiger partial charge in [0.1, 0.15) is 6.04 Å². The number of hydrogen-bond acceptors (Lipinski definition) is 3. The van der Waals surface area contributed by atoms with Crippen LogP contribution in [-0.2, 0) is 4.79 Å². The molecule has 0 bridgehead atoms. The molecule has 0 aromatic rings. The van der Waals surface area contributed by atoms with Gasteiger partial charge in [0.2, 0.25) is 0 Å². The summed E-state index contributed by atoms with van der Waals surface area (Å²) in [6, 6.07) is -0.463. The Morgan fingerprint density at radius 1 is 1.69 bits per heavy atom. The van der Waals surface area contributed by atoms with Gasteiger partial charge in [-0.3, -0.25) is 9.69 Å². The molecule has 0 saturated carbocycles. The second kappa shape index (κ2) is 6.01. The summed E-state index contributed by atoms with van der Waals surface area (Å²) in [6.07, 6.45) is 3.63. The van der Waals surface area contributed by atoms with Gasteiger partial charge in [0.15, 0.2) is 0 Å². The Morgan fingerprint density at radius 3 is 2.88 bits per heavy atom. The standard InChI is InChI=1S/C12H21NO3/c1-3-5-10(14)8-13-7-9(4-2)6-11(13)12(15)16/h4,9-11,14H,2-3,5-8H2,1H3,(H,15,16). The Hall–Kier alpha value is -0.870. The fourth-order valence-electron chi connectivity index (χ4n) is 2.26. The number of likely N-dealkylation sites (tertiary alicyclic amines) is 1. The molecule has 1 heterocycles. The molecule has 0 radical (unpaired) electrons. The van der Waals surface area contributed by atoms with Crippen molar-refractivity contribution in [2.24, 2.45) is 5.92 Å². The molecule has 0 aromatic heterocycles. The summed E-state index contributed by atoms with van der Waals surface area (Å²) in [7, 11) is 0. The summed E-state index contributed by atoms with van der Waals surface area (Å²) in [6.45, 7) is 6.86. The van der Waals surface area contributed by atoms with E-state index in [1.54, 1.807) is 0 Å². The third-order valence-corrected chi connectivity index (χ3v) is 3.12. The highest BCUT2D eigenvalue weighted by Crippen LogP contribution is 2.24. The summed E-state index contributed by atoms with van der Waals surface area (Å²) in [5, 5.41) is 18.8. The van der Waals surface area contributed by atoms with Gasteiger partial charge >= 0.3 is 5.97 Å². The molecule has 0 spiro atoms. The minimum atomic E-state index is -0.798. The second-order valence-corrected chi connectivity index (χ2v) is 4.48. The van der Waals surface area contributed by atoms with Crippen LogP contribution < -0.4 is 0 Å². The van der Waals surface area contributed by atoms with Crippen LogP contribution in [0.1, 0.15) is 26.2 Å². The van der Waals surface area contributed by atoms with E-state index in [0.717, 1.165) is 12.8 Å². The Morgan fingerprint density at radius 2 is 2.38 bits per heavy atom. The molecule has 1 aliphatic heterocycles. The van der Waals surface area contributed by atoms with Crippen LogP contribution in [0.3, 0.4) is 0 Å². The number of β-amino-alcohol motifs (C(OH)–C–C–N with tert-alkyl or cyclic N) is 1. The lowest BCUT2D eigenvalue weighted by molar-refractivity contribution is -0.142. The first-order chi connectivity index (χ1) is 7.58. The summed E-state index contributed by atoms with van der Waals surface area (Å²) in [4.78, 5) is 12.9. The lowest BCUT2D eigenvalue weighted by atomic mass is 10.1. The largest absolute Gasteiger partial charge is 0.480 e. The normalized spacial score (nSPS) is 27.9. The van der Waals surface area contributed by atoms with Gasteiger partial charge in [-0.1, -0.05) is 19.4 Å². The van der Waals surface area contributed by atoms with Gasteiger partial charge in [-0.2, -0.15) is 0 Å². The van der Waals surface area contributed by atoms with Crippen molar-refractivity contribution in [2.45, 2.75) is 38.3 Å². The van der Waals surface area contributed by atoms with E-state index < -0.39 is 18.1 Å². The van der Waals surface area contributed by atoms with Gasteiger partial charge in [-0.05, 0) is 18.8 Å². The topological polar surface area (TPSA) is 60.8 Å².